The van der Waals surface area contributed by atoms with Crippen molar-refractivity contribution < 1.29 is 13.9 Å². The standard InChI is InChI=1S/C16H23FN2O2/c1-4-11(2)14-16(20)19(9-10-21-3)15(18-14)12-5-7-13(17)8-6-12/h5-8,11,14-15,18H,4,9-10H2,1-3H3. The number of hydrogen-bond donors (Lipinski definition) is 1. The maximum Gasteiger partial charge on any atom is 0.241 e. The summed E-state index contributed by atoms with van der Waals surface area (Å²) in [6, 6.07) is 6.10. The van der Waals surface area contributed by atoms with Gasteiger partial charge in [0, 0.05) is 13.7 Å². The van der Waals surface area contributed by atoms with Crippen molar-refractivity contribution in [3.63, 3.8) is 0 Å². The van der Waals surface area contributed by atoms with Crippen LogP contribution in [0, 0.1) is 11.7 Å². The highest BCUT2D eigenvalue weighted by Gasteiger charge is 2.41. The molecule has 4 nitrogen and oxygen atoms in total. The Labute approximate surface area is 125 Å². The molecule has 0 spiro atoms. The summed E-state index contributed by atoms with van der Waals surface area (Å²) in [6.45, 7) is 5.15. The normalized spacial score (nSPS) is 23.6. The lowest BCUT2D eigenvalue weighted by Gasteiger charge is -2.24. The third kappa shape index (κ3) is 3.41. The zero-order valence-electron chi connectivity index (χ0n) is 12.8. The van der Waals surface area contributed by atoms with Gasteiger partial charge in [0.1, 0.15) is 12.0 Å². The van der Waals surface area contributed by atoms with Crippen LogP contribution in [0.4, 0.5) is 4.39 Å². The molecule has 116 valence electrons. The van der Waals surface area contributed by atoms with E-state index in [0.717, 1.165) is 12.0 Å². The lowest BCUT2D eigenvalue weighted by Crippen LogP contribution is -2.36. The molecule has 0 radical (unpaired) electrons. The highest BCUT2D eigenvalue weighted by molar-refractivity contribution is 5.84. The smallest absolute Gasteiger partial charge is 0.241 e. The molecule has 1 aliphatic heterocycles. The zero-order chi connectivity index (χ0) is 15.4. The number of carbonyl (C=O) groups excluding carboxylic acids is 1. The predicted molar refractivity (Wildman–Crippen MR) is 79.1 cm³/mol. The van der Waals surface area contributed by atoms with Crippen LogP contribution >= 0.6 is 0 Å². The van der Waals surface area contributed by atoms with Gasteiger partial charge in [-0.3, -0.25) is 10.1 Å². The number of methoxy groups -OCH3 is 1. The minimum Gasteiger partial charge on any atom is -0.383 e. The van der Waals surface area contributed by atoms with E-state index in [-0.39, 0.29) is 29.8 Å². The van der Waals surface area contributed by atoms with Gasteiger partial charge < -0.3 is 9.64 Å². The fourth-order valence-corrected chi connectivity index (χ4v) is 2.63. The van der Waals surface area contributed by atoms with E-state index in [1.165, 1.54) is 12.1 Å². The van der Waals surface area contributed by atoms with Crippen molar-refractivity contribution >= 4 is 5.91 Å². The fraction of sp³-hybridized carbons (Fsp3) is 0.562. The molecular formula is C16H23FN2O2. The Balaban J connectivity index is 2.23. The third-order valence-electron chi connectivity index (χ3n) is 4.13. The zero-order valence-corrected chi connectivity index (χ0v) is 12.8. The van der Waals surface area contributed by atoms with Crippen LogP contribution < -0.4 is 5.32 Å². The number of nitrogens with zero attached hydrogens (tertiary/aromatic N) is 1. The second-order valence-corrected chi connectivity index (χ2v) is 5.51. The van der Waals surface area contributed by atoms with Crippen LogP contribution in [0.25, 0.3) is 0 Å². The molecule has 0 aromatic heterocycles. The summed E-state index contributed by atoms with van der Waals surface area (Å²) in [5, 5.41) is 3.38. The molecule has 1 fully saturated rings. The van der Waals surface area contributed by atoms with Gasteiger partial charge in [0.05, 0.1) is 12.6 Å². The van der Waals surface area contributed by atoms with Crippen LogP contribution in [0.1, 0.15) is 32.0 Å². The van der Waals surface area contributed by atoms with E-state index in [0.29, 0.717) is 13.2 Å². The SMILES string of the molecule is CCC(C)C1NC(c2ccc(F)cc2)N(CCOC)C1=O. The van der Waals surface area contributed by atoms with Crippen molar-refractivity contribution in [1.29, 1.82) is 0 Å². The van der Waals surface area contributed by atoms with Gasteiger partial charge in [-0.15, -0.1) is 0 Å². The number of carbonyl (C=O) groups is 1. The van der Waals surface area contributed by atoms with Crippen LogP contribution in [0.5, 0.6) is 0 Å². The van der Waals surface area contributed by atoms with Crippen LogP contribution in [0.3, 0.4) is 0 Å². The molecule has 1 heterocycles. The Morgan fingerprint density at radius 1 is 1.38 bits per heavy atom. The van der Waals surface area contributed by atoms with Crippen molar-refractivity contribution in [3.8, 4) is 0 Å². The van der Waals surface area contributed by atoms with E-state index in [1.54, 1.807) is 24.1 Å². The Hall–Kier alpha value is -1.46. The number of rotatable bonds is 6. The largest absolute Gasteiger partial charge is 0.383 e. The molecule has 1 saturated heterocycles. The summed E-state index contributed by atoms with van der Waals surface area (Å²) >= 11 is 0. The van der Waals surface area contributed by atoms with Gasteiger partial charge in [0.15, 0.2) is 0 Å². The Morgan fingerprint density at radius 3 is 2.62 bits per heavy atom. The molecule has 3 atom stereocenters. The molecule has 1 amide bonds. The molecule has 5 heteroatoms. The van der Waals surface area contributed by atoms with Gasteiger partial charge in [-0.05, 0) is 23.6 Å². The van der Waals surface area contributed by atoms with E-state index < -0.39 is 0 Å². The maximum atomic E-state index is 13.1. The van der Waals surface area contributed by atoms with Gasteiger partial charge in [-0.25, -0.2) is 4.39 Å². The lowest BCUT2D eigenvalue weighted by atomic mass is 9.99. The van der Waals surface area contributed by atoms with Gasteiger partial charge in [0.2, 0.25) is 5.91 Å². The molecule has 3 unspecified atom stereocenters. The number of nitrogens with one attached hydrogen (secondary N) is 1. The van der Waals surface area contributed by atoms with Crippen molar-refractivity contribution in [2.24, 2.45) is 5.92 Å². The average molecular weight is 294 g/mol. The predicted octanol–water partition coefficient (Wildman–Crippen LogP) is 2.32. The van der Waals surface area contributed by atoms with Gasteiger partial charge >= 0.3 is 0 Å². The minimum absolute atomic E-state index is 0.0933. The highest BCUT2D eigenvalue weighted by Crippen LogP contribution is 2.28. The Kier molecular flexibility index (Phi) is 5.31. The van der Waals surface area contributed by atoms with Gasteiger partial charge in [-0.1, -0.05) is 32.4 Å². The number of amides is 1. The average Bonchev–Trinajstić information content (AvgIpc) is 2.82. The lowest BCUT2D eigenvalue weighted by molar-refractivity contribution is -0.131. The van der Waals surface area contributed by atoms with Crippen molar-refractivity contribution in [1.82, 2.24) is 10.2 Å². The fourth-order valence-electron chi connectivity index (χ4n) is 2.63. The topological polar surface area (TPSA) is 41.6 Å². The van der Waals surface area contributed by atoms with E-state index in [9.17, 15) is 9.18 Å². The van der Waals surface area contributed by atoms with Crippen molar-refractivity contribution in [2.45, 2.75) is 32.5 Å². The Morgan fingerprint density at radius 2 is 2.05 bits per heavy atom. The second kappa shape index (κ2) is 7.00. The first-order chi connectivity index (χ1) is 10.1. The molecular weight excluding hydrogens is 271 g/mol. The van der Waals surface area contributed by atoms with Crippen molar-refractivity contribution in [3.05, 3.63) is 35.6 Å². The monoisotopic (exact) mass is 294 g/mol. The van der Waals surface area contributed by atoms with E-state index >= 15 is 0 Å². The van der Waals surface area contributed by atoms with Crippen LogP contribution in [-0.4, -0.2) is 37.1 Å². The molecule has 0 bridgehead atoms. The number of ether oxygens (including phenoxy) is 1. The molecule has 1 aromatic carbocycles. The molecule has 0 aliphatic carbocycles. The quantitative estimate of drug-likeness (QED) is 0.875. The maximum absolute atomic E-state index is 13.1. The van der Waals surface area contributed by atoms with Gasteiger partial charge in [-0.2, -0.15) is 0 Å². The second-order valence-electron chi connectivity index (χ2n) is 5.51. The van der Waals surface area contributed by atoms with Gasteiger partial charge in [0.25, 0.3) is 0 Å². The number of hydrogen-bond acceptors (Lipinski definition) is 3. The minimum atomic E-state index is -0.273. The van der Waals surface area contributed by atoms with E-state index in [4.69, 9.17) is 4.74 Å². The van der Waals surface area contributed by atoms with E-state index in [1.807, 2.05) is 0 Å². The molecule has 0 saturated carbocycles. The molecule has 2 rings (SSSR count). The summed E-state index contributed by atoms with van der Waals surface area (Å²) in [6.07, 6.45) is 0.713. The van der Waals surface area contributed by atoms with E-state index in [2.05, 4.69) is 19.2 Å². The molecule has 1 aromatic rings. The number of benzene rings is 1. The first-order valence-corrected chi connectivity index (χ1v) is 7.39. The first-order valence-electron chi connectivity index (χ1n) is 7.39. The molecule has 1 aliphatic rings. The summed E-state index contributed by atoms with van der Waals surface area (Å²) < 4.78 is 18.2. The summed E-state index contributed by atoms with van der Waals surface area (Å²) in [7, 11) is 1.62. The van der Waals surface area contributed by atoms with Crippen LogP contribution in [0.2, 0.25) is 0 Å². The van der Waals surface area contributed by atoms with Crippen LogP contribution in [0.15, 0.2) is 24.3 Å². The molecule has 21 heavy (non-hydrogen) atoms. The summed E-state index contributed by atoms with van der Waals surface area (Å²) in [5.41, 5.74) is 0.895. The number of halogens is 1. The van der Waals surface area contributed by atoms with Crippen LogP contribution in [-0.2, 0) is 9.53 Å². The summed E-state index contributed by atoms with van der Waals surface area (Å²) in [4.78, 5) is 14.4. The Bertz CT molecular complexity index is 478. The van der Waals surface area contributed by atoms with Crippen molar-refractivity contribution in [2.75, 3.05) is 20.3 Å². The highest BCUT2D eigenvalue weighted by atomic mass is 19.1. The third-order valence-corrected chi connectivity index (χ3v) is 4.13. The molecule has 1 N–H and O–H groups in total. The first kappa shape index (κ1) is 15.9. The summed E-state index contributed by atoms with van der Waals surface area (Å²) in [5.74, 6) is 0.0775.